The van der Waals surface area contributed by atoms with Gasteiger partial charge in [-0.05, 0) is 12.2 Å². The highest BCUT2D eigenvalue weighted by atomic mass is 32.1. The molecule has 9 nitrogen and oxygen atoms in total. The predicted molar refractivity (Wildman–Crippen MR) is 60.1 cm³/mol. The molecule has 0 aliphatic rings. The fourth-order valence-corrected chi connectivity index (χ4v) is 0.882. The fraction of sp³-hybridized carbons (Fsp3) is 0.571. The fourth-order valence-electron chi connectivity index (χ4n) is 0.836. The molecule has 0 aromatic rings. The second-order valence-corrected chi connectivity index (χ2v) is 3.40. The number of carboxylic acids is 1. The lowest BCUT2D eigenvalue weighted by Gasteiger charge is -2.20. The van der Waals surface area contributed by atoms with Gasteiger partial charge in [-0.3, -0.25) is 5.43 Å². The maximum Gasteiger partial charge on any atom is 0.354 e. The molecular formula is C7H13N3O6S. The van der Waals surface area contributed by atoms with Crippen molar-refractivity contribution in [1.29, 1.82) is 0 Å². The highest BCUT2D eigenvalue weighted by Crippen LogP contribution is 2.02. The van der Waals surface area contributed by atoms with Crippen LogP contribution in [0, 0.1) is 0 Å². The van der Waals surface area contributed by atoms with Gasteiger partial charge in [0.05, 0.1) is 6.61 Å². The molecule has 0 spiro atoms. The standard InChI is InChI=1S/C7H13N3O6S/c8-7(17)10-9-3(6(15)16)5(14)4(13)2(12)1-11/h2,4-5,11-14H,1H2,(H,15,16)(H3,8,10,17)/b9-3+/t2-,4-,5-/m0/s1. The van der Waals surface area contributed by atoms with Crippen LogP contribution in [0.2, 0.25) is 0 Å². The number of hydrogen-bond donors (Lipinski definition) is 7. The molecular weight excluding hydrogens is 254 g/mol. The molecule has 0 amide bonds. The van der Waals surface area contributed by atoms with E-state index in [1.165, 1.54) is 0 Å². The number of hydrazone groups is 1. The molecule has 0 aliphatic carbocycles. The van der Waals surface area contributed by atoms with Crippen LogP contribution in [0.1, 0.15) is 0 Å². The normalized spacial score (nSPS) is 17.1. The summed E-state index contributed by atoms with van der Waals surface area (Å²) in [5.41, 5.74) is 6.01. The first-order valence-electron chi connectivity index (χ1n) is 4.32. The number of carboxylic acid groups (broad SMARTS) is 1. The van der Waals surface area contributed by atoms with Gasteiger partial charge < -0.3 is 31.3 Å². The van der Waals surface area contributed by atoms with E-state index in [2.05, 4.69) is 17.3 Å². The summed E-state index contributed by atoms with van der Waals surface area (Å²) in [6, 6.07) is 0. The average Bonchev–Trinajstić information content (AvgIpc) is 2.25. The number of nitrogens with two attached hydrogens (primary N) is 1. The van der Waals surface area contributed by atoms with Crippen LogP contribution >= 0.6 is 12.2 Å². The van der Waals surface area contributed by atoms with Crippen LogP contribution in [0.15, 0.2) is 5.10 Å². The summed E-state index contributed by atoms with van der Waals surface area (Å²) in [6.07, 6.45) is -5.64. The summed E-state index contributed by atoms with van der Waals surface area (Å²) in [4.78, 5) is 10.7. The van der Waals surface area contributed by atoms with Crippen molar-refractivity contribution in [3.8, 4) is 0 Å². The molecule has 0 aromatic carbocycles. The lowest BCUT2D eigenvalue weighted by atomic mass is 10.0. The van der Waals surface area contributed by atoms with Crippen molar-refractivity contribution >= 4 is 29.0 Å². The molecule has 0 radical (unpaired) electrons. The van der Waals surface area contributed by atoms with Gasteiger partial charge in [-0.2, -0.15) is 5.10 Å². The molecule has 0 fully saturated rings. The zero-order valence-electron chi connectivity index (χ0n) is 8.52. The van der Waals surface area contributed by atoms with Gasteiger partial charge >= 0.3 is 5.97 Å². The summed E-state index contributed by atoms with van der Waals surface area (Å²) in [5.74, 6) is -1.65. The molecule has 0 saturated heterocycles. The van der Waals surface area contributed by atoms with Crippen molar-refractivity contribution in [2.75, 3.05) is 6.61 Å². The van der Waals surface area contributed by atoms with Gasteiger partial charge in [-0.1, -0.05) is 0 Å². The predicted octanol–water partition coefficient (Wildman–Crippen LogP) is -3.66. The smallest absolute Gasteiger partial charge is 0.354 e. The Morgan fingerprint density at radius 2 is 1.94 bits per heavy atom. The van der Waals surface area contributed by atoms with Gasteiger partial charge in [0.1, 0.15) is 18.3 Å². The van der Waals surface area contributed by atoms with Crippen LogP contribution in [0.3, 0.4) is 0 Å². The van der Waals surface area contributed by atoms with Gasteiger partial charge in [0.2, 0.25) is 0 Å². The van der Waals surface area contributed by atoms with E-state index in [-0.39, 0.29) is 5.11 Å². The molecule has 17 heavy (non-hydrogen) atoms. The van der Waals surface area contributed by atoms with Crippen LogP contribution in [0.5, 0.6) is 0 Å². The zero-order valence-corrected chi connectivity index (χ0v) is 9.33. The van der Waals surface area contributed by atoms with E-state index >= 15 is 0 Å². The van der Waals surface area contributed by atoms with Crippen LogP contribution in [0.4, 0.5) is 0 Å². The number of carbonyl (C=O) groups is 1. The number of rotatable bonds is 6. The van der Waals surface area contributed by atoms with Gasteiger partial charge in [-0.15, -0.1) is 0 Å². The van der Waals surface area contributed by atoms with Crippen molar-refractivity contribution in [3.05, 3.63) is 0 Å². The average molecular weight is 267 g/mol. The first-order valence-corrected chi connectivity index (χ1v) is 4.73. The highest BCUT2D eigenvalue weighted by molar-refractivity contribution is 7.80. The van der Waals surface area contributed by atoms with E-state index in [0.717, 1.165) is 0 Å². The number of thiocarbonyl (C=S) groups is 1. The molecule has 98 valence electrons. The Hall–Kier alpha value is -1.33. The van der Waals surface area contributed by atoms with E-state index in [4.69, 9.17) is 21.1 Å². The Balaban J connectivity index is 4.88. The SMILES string of the molecule is NC(=S)N/N=C(/C(=O)O)[C@H](O)[C@@H](O)[C@@H](O)CO. The third kappa shape index (κ3) is 5.01. The Kier molecular flexibility index (Phi) is 6.53. The second-order valence-electron chi connectivity index (χ2n) is 2.96. The monoisotopic (exact) mass is 267 g/mol. The lowest BCUT2D eigenvalue weighted by Crippen LogP contribution is -2.47. The number of nitrogens with zero attached hydrogens (tertiary/aromatic N) is 1. The van der Waals surface area contributed by atoms with Crippen LogP contribution in [-0.2, 0) is 4.79 Å². The van der Waals surface area contributed by atoms with Gasteiger partial charge in [0.15, 0.2) is 10.8 Å². The summed E-state index contributed by atoms with van der Waals surface area (Å²) in [7, 11) is 0. The van der Waals surface area contributed by atoms with E-state index in [1.807, 2.05) is 5.43 Å². The van der Waals surface area contributed by atoms with Crippen LogP contribution in [0.25, 0.3) is 0 Å². The molecule has 3 atom stereocenters. The van der Waals surface area contributed by atoms with Gasteiger partial charge in [-0.25, -0.2) is 4.79 Å². The topological polar surface area (TPSA) is 169 Å². The molecule has 8 N–H and O–H groups in total. The minimum absolute atomic E-state index is 0.340. The molecule has 0 heterocycles. The van der Waals surface area contributed by atoms with E-state index in [1.54, 1.807) is 0 Å². The Morgan fingerprint density at radius 1 is 1.41 bits per heavy atom. The van der Waals surface area contributed by atoms with Crippen molar-refractivity contribution in [3.63, 3.8) is 0 Å². The van der Waals surface area contributed by atoms with E-state index in [0.29, 0.717) is 0 Å². The van der Waals surface area contributed by atoms with Crippen molar-refractivity contribution in [2.24, 2.45) is 10.8 Å². The quantitative estimate of drug-likeness (QED) is 0.146. The van der Waals surface area contributed by atoms with Crippen molar-refractivity contribution < 1.29 is 30.3 Å². The van der Waals surface area contributed by atoms with E-state index in [9.17, 15) is 15.0 Å². The van der Waals surface area contributed by atoms with Crippen LogP contribution < -0.4 is 11.2 Å². The molecule has 0 saturated carbocycles. The molecule has 0 aromatic heterocycles. The minimum atomic E-state index is -2.02. The Labute approximate surface area is 101 Å². The van der Waals surface area contributed by atoms with Crippen molar-refractivity contribution in [1.82, 2.24) is 5.43 Å². The highest BCUT2D eigenvalue weighted by Gasteiger charge is 2.32. The van der Waals surface area contributed by atoms with Gasteiger partial charge in [0, 0.05) is 0 Å². The van der Waals surface area contributed by atoms with Crippen LogP contribution in [-0.4, -0.2) is 67.2 Å². The maximum atomic E-state index is 10.7. The van der Waals surface area contributed by atoms with Gasteiger partial charge in [0.25, 0.3) is 0 Å². The first kappa shape index (κ1) is 15.7. The summed E-state index contributed by atoms with van der Waals surface area (Å²) < 4.78 is 0. The number of aliphatic hydroxyl groups excluding tert-OH is 4. The minimum Gasteiger partial charge on any atom is -0.477 e. The number of aliphatic hydroxyl groups is 4. The third-order valence-electron chi connectivity index (χ3n) is 1.69. The molecule has 10 heteroatoms. The Morgan fingerprint density at radius 3 is 2.29 bits per heavy atom. The second kappa shape index (κ2) is 7.09. The number of nitrogens with one attached hydrogen (secondary N) is 1. The molecule has 0 aliphatic heterocycles. The molecule has 0 rings (SSSR count). The number of hydrogen-bond acceptors (Lipinski definition) is 7. The Bertz CT molecular complexity index is 323. The first-order chi connectivity index (χ1) is 7.81. The number of aliphatic carboxylic acids is 1. The zero-order chi connectivity index (χ0) is 13.6. The summed E-state index contributed by atoms with van der Waals surface area (Å²) in [5, 5.41) is 47.7. The maximum absolute atomic E-state index is 10.7. The van der Waals surface area contributed by atoms with E-state index < -0.39 is 36.6 Å². The molecule has 0 bridgehead atoms. The largest absolute Gasteiger partial charge is 0.477 e. The summed E-state index contributed by atoms with van der Waals surface area (Å²) >= 11 is 4.36. The lowest BCUT2D eigenvalue weighted by molar-refractivity contribution is -0.130. The third-order valence-corrected chi connectivity index (χ3v) is 1.78. The summed E-state index contributed by atoms with van der Waals surface area (Å²) in [6.45, 7) is -0.853. The van der Waals surface area contributed by atoms with Crippen molar-refractivity contribution in [2.45, 2.75) is 18.3 Å². The molecule has 0 unspecified atom stereocenters.